The van der Waals surface area contributed by atoms with Gasteiger partial charge in [-0.3, -0.25) is 4.79 Å². The standard InChI is InChI=1S/C19H21FN4O3/c1-2-17-16(10-22-27-17)18(25)24-9-3-4-14(11-24)19(21-12-26-23-19)13-5-7-15(20)8-6-13/h5-8,10,12,14,23H,2-4,9,11H2,1H3/t14-,19?/m0/s1. The van der Waals surface area contributed by atoms with Crippen molar-refractivity contribution in [2.75, 3.05) is 13.1 Å². The van der Waals surface area contributed by atoms with Crippen molar-refractivity contribution in [3.05, 3.63) is 53.2 Å². The third kappa shape index (κ3) is 3.10. The quantitative estimate of drug-likeness (QED) is 0.893. The molecule has 0 radical (unpaired) electrons. The minimum absolute atomic E-state index is 0.0238. The number of carbonyl (C=O) groups is 1. The SMILES string of the molecule is CCc1oncc1C(=O)N1CCC[C@H](C2(c3ccc(F)cc3)N=CON2)C1. The molecule has 8 heteroatoms. The predicted molar refractivity (Wildman–Crippen MR) is 95.3 cm³/mol. The number of likely N-dealkylation sites (tertiary alicyclic amines) is 1. The van der Waals surface area contributed by atoms with Gasteiger partial charge in [-0.2, -0.15) is 0 Å². The molecule has 1 fully saturated rings. The van der Waals surface area contributed by atoms with Gasteiger partial charge in [-0.15, -0.1) is 5.48 Å². The van der Waals surface area contributed by atoms with Crippen LogP contribution in [0.5, 0.6) is 0 Å². The Morgan fingerprint density at radius 1 is 1.41 bits per heavy atom. The smallest absolute Gasteiger partial charge is 0.259 e. The number of halogens is 1. The summed E-state index contributed by atoms with van der Waals surface area (Å²) in [5.41, 5.74) is 3.45. The fourth-order valence-corrected chi connectivity index (χ4v) is 3.88. The third-order valence-electron chi connectivity index (χ3n) is 5.30. The van der Waals surface area contributed by atoms with Crippen LogP contribution in [-0.4, -0.2) is 35.5 Å². The second kappa shape index (κ2) is 7.11. The Labute approximate surface area is 156 Å². The molecule has 1 saturated heterocycles. The van der Waals surface area contributed by atoms with Crippen LogP contribution < -0.4 is 5.48 Å². The first kappa shape index (κ1) is 17.7. The zero-order chi connectivity index (χ0) is 18.9. The number of nitrogens with one attached hydrogen (secondary N) is 1. The number of amides is 1. The summed E-state index contributed by atoms with van der Waals surface area (Å²) in [5, 5.41) is 3.76. The van der Waals surface area contributed by atoms with E-state index in [1.54, 1.807) is 17.0 Å². The molecule has 2 aliphatic rings. The summed E-state index contributed by atoms with van der Waals surface area (Å²) in [4.78, 5) is 24.5. The second-order valence-electron chi connectivity index (χ2n) is 6.83. The topological polar surface area (TPSA) is 80.0 Å². The fourth-order valence-electron chi connectivity index (χ4n) is 3.88. The number of nitrogens with zero attached hydrogens (tertiary/aromatic N) is 3. The van der Waals surface area contributed by atoms with Gasteiger partial charge in [-0.1, -0.05) is 24.2 Å². The van der Waals surface area contributed by atoms with Crippen molar-refractivity contribution < 1.29 is 18.5 Å². The van der Waals surface area contributed by atoms with E-state index in [4.69, 9.17) is 9.36 Å². The minimum atomic E-state index is -0.838. The zero-order valence-electron chi connectivity index (χ0n) is 15.0. The number of piperidine rings is 1. The number of rotatable bonds is 4. The molecule has 7 nitrogen and oxygen atoms in total. The highest BCUT2D eigenvalue weighted by molar-refractivity contribution is 5.95. The van der Waals surface area contributed by atoms with Gasteiger partial charge in [0.05, 0.1) is 6.20 Å². The van der Waals surface area contributed by atoms with Gasteiger partial charge in [0.25, 0.3) is 5.91 Å². The molecule has 27 heavy (non-hydrogen) atoms. The molecule has 0 bridgehead atoms. The van der Waals surface area contributed by atoms with Crippen LogP contribution in [0.1, 0.15) is 41.4 Å². The van der Waals surface area contributed by atoms with Crippen molar-refractivity contribution in [2.24, 2.45) is 10.9 Å². The van der Waals surface area contributed by atoms with Gasteiger partial charge in [0.15, 0.2) is 12.1 Å². The number of hydrogen-bond acceptors (Lipinski definition) is 6. The molecule has 0 saturated carbocycles. The fraction of sp³-hybridized carbons (Fsp3) is 0.421. The maximum atomic E-state index is 13.4. The van der Waals surface area contributed by atoms with E-state index in [1.165, 1.54) is 24.7 Å². The highest BCUT2D eigenvalue weighted by atomic mass is 19.1. The molecule has 3 heterocycles. The highest BCUT2D eigenvalue weighted by Crippen LogP contribution is 2.39. The largest absolute Gasteiger partial charge is 0.394 e. The lowest BCUT2D eigenvalue weighted by Crippen LogP contribution is -2.51. The van der Waals surface area contributed by atoms with Crippen LogP contribution in [0.15, 0.2) is 40.0 Å². The summed E-state index contributed by atoms with van der Waals surface area (Å²) in [6.45, 7) is 3.08. The first-order valence-corrected chi connectivity index (χ1v) is 9.09. The van der Waals surface area contributed by atoms with Crippen LogP contribution in [0.3, 0.4) is 0 Å². The van der Waals surface area contributed by atoms with E-state index in [0.29, 0.717) is 30.8 Å². The predicted octanol–water partition coefficient (Wildman–Crippen LogP) is 2.64. The molecule has 1 unspecified atom stereocenters. The molecule has 1 aromatic heterocycles. The maximum absolute atomic E-state index is 13.4. The first-order valence-electron chi connectivity index (χ1n) is 9.09. The van der Waals surface area contributed by atoms with Gasteiger partial charge in [0.1, 0.15) is 17.1 Å². The Morgan fingerprint density at radius 2 is 2.22 bits per heavy atom. The third-order valence-corrected chi connectivity index (χ3v) is 5.30. The van der Waals surface area contributed by atoms with Crippen molar-refractivity contribution >= 4 is 12.3 Å². The number of aromatic nitrogens is 1. The number of benzene rings is 1. The normalized spacial score (nSPS) is 24.8. The molecule has 1 aromatic carbocycles. The van der Waals surface area contributed by atoms with E-state index in [-0.39, 0.29) is 17.6 Å². The van der Waals surface area contributed by atoms with Gasteiger partial charge in [-0.05, 0) is 30.5 Å². The van der Waals surface area contributed by atoms with Crippen molar-refractivity contribution in [3.8, 4) is 0 Å². The van der Waals surface area contributed by atoms with Crippen molar-refractivity contribution in [1.29, 1.82) is 0 Å². The highest BCUT2D eigenvalue weighted by Gasteiger charge is 2.46. The summed E-state index contributed by atoms with van der Waals surface area (Å²) >= 11 is 0. The molecule has 2 aliphatic heterocycles. The number of hydroxylamine groups is 1. The Morgan fingerprint density at radius 3 is 2.93 bits per heavy atom. The molecule has 1 amide bonds. The average Bonchev–Trinajstić information content (AvgIpc) is 3.38. The molecule has 4 rings (SSSR count). The van der Waals surface area contributed by atoms with E-state index >= 15 is 0 Å². The van der Waals surface area contributed by atoms with Crippen LogP contribution in [0.25, 0.3) is 0 Å². The van der Waals surface area contributed by atoms with Crippen LogP contribution in [0, 0.1) is 11.7 Å². The van der Waals surface area contributed by atoms with Crippen molar-refractivity contribution in [1.82, 2.24) is 15.5 Å². The summed E-state index contributed by atoms with van der Waals surface area (Å²) < 4.78 is 18.5. The number of aliphatic imine (C=N–C) groups is 1. The van der Waals surface area contributed by atoms with Crippen LogP contribution in [0.4, 0.5) is 4.39 Å². The Balaban J connectivity index is 1.60. The van der Waals surface area contributed by atoms with E-state index in [1.807, 2.05) is 6.92 Å². The van der Waals surface area contributed by atoms with E-state index in [0.717, 1.165) is 18.4 Å². The van der Waals surface area contributed by atoms with E-state index < -0.39 is 5.66 Å². The number of aryl methyl sites for hydroxylation is 1. The molecule has 1 N–H and O–H groups in total. The Bertz CT molecular complexity index is 851. The summed E-state index contributed by atoms with van der Waals surface area (Å²) in [6.07, 6.45) is 5.15. The van der Waals surface area contributed by atoms with Crippen LogP contribution in [-0.2, 0) is 16.9 Å². The van der Waals surface area contributed by atoms with Gasteiger partial charge < -0.3 is 14.3 Å². The monoisotopic (exact) mass is 372 g/mol. The lowest BCUT2D eigenvalue weighted by atomic mass is 9.81. The van der Waals surface area contributed by atoms with Gasteiger partial charge in [-0.25, -0.2) is 9.38 Å². The van der Waals surface area contributed by atoms with Crippen LogP contribution >= 0.6 is 0 Å². The molecular formula is C19H21FN4O3. The summed E-state index contributed by atoms with van der Waals surface area (Å²) in [6, 6.07) is 6.21. The zero-order valence-corrected chi connectivity index (χ0v) is 15.0. The molecule has 0 spiro atoms. The average molecular weight is 372 g/mol. The van der Waals surface area contributed by atoms with Gasteiger partial charge >= 0.3 is 0 Å². The van der Waals surface area contributed by atoms with Crippen LogP contribution in [0.2, 0.25) is 0 Å². The maximum Gasteiger partial charge on any atom is 0.259 e. The van der Waals surface area contributed by atoms with E-state index in [9.17, 15) is 9.18 Å². The lowest BCUT2D eigenvalue weighted by molar-refractivity contribution is 0.0302. The minimum Gasteiger partial charge on any atom is -0.394 e. The first-order chi connectivity index (χ1) is 13.1. The molecular weight excluding hydrogens is 351 g/mol. The van der Waals surface area contributed by atoms with Gasteiger partial charge in [0, 0.05) is 25.4 Å². The lowest BCUT2D eigenvalue weighted by Gasteiger charge is -2.40. The molecule has 0 aliphatic carbocycles. The molecule has 2 atom stereocenters. The molecule has 2 aromatic rings. The van der Waals surface area contributed by atoms with Crippen molar-refractivity contribution in [3.63, 3.8) is 0 Å². The Hall–Kier alpha value is -2.74. The van der Waals surface area contributed by atoms with Gasteiger partial charge in [0.2, 0.25) is 0 Å². The summed E-state index contributed by atoms with van der Waals surface area (Å²) in [7, 11) is 0. The Kier molecular flexibility index (Phi) is 4.65. The summed E-state index contributed by atoms with van der Waals surface area (Å²) in [5.74, 6) is 0.173. The number of carbonyl (C=O) groups excluding carboxylic acids is 1. The number of hydrogen-bond donors (Lipinski definition) is 1. The van der Waals surface area contributed by atoms with Crippen molar-refractivity contribution in [2.45, 2.75) is 31.8 Å². The molecule has 142 valence electrons. The second-order valence-corrected chi connectivity index (χ2v) is 6.83. The van der Waals surface area contributed by atoms with E-state index in [2.05, 4.69) is 15.6 Å².